The van der Waals surface area contributed by atoms with Gasteiger partial charge in [0, 0.05) is 29.7 Å². The molecule has 0 amide bonds. The molecule has 0 radical (unpaired) electrons. The van der Waals surface area contributed by atoms with Crippen molar-refractivity contribution in [2.24, 2.45) is 17.3 Å². The third kappa shape index (κ3) is 7.73. The summed E-state index contributed by atoms with van der Waals surface area (Å²) in [5.41, 5.74) is 17.7. The van der Waals surface area contributed by atoms with Gasteiger partial charge in [0.05, 0.1) is 0 Å². The summed E-state index contributed by atoms with van der Waals surface area (Å²) >= 11 is 14.7. The van der Waals surface area contributed by atoms with E-state index in [1.54, 1.807) is 11.1 Å². The van der Waals surface area contributed by atoms with Gasteiger partial charge in [-0.25, -0.2) is 0 Å². The number of benzene rings is 4. The van der Waals surface area contributed by atoms with Gasteiger partial charge in [0.2, 0.25) is 0 Å². The van der Waals surface area contributed by atoms with Crippen LogP contribution in [0.4, 0.5) is 0 Å². The number of rotatable bonds is 6. The fraction of sp³-hybridized carbons (Fsp3) is 0.319. The molecular weight excluding hydrogens is 884 g/mol. The van der Waals surface area contributed by atoms with Crippen molar-refractivity contribution in [1.82, 2.24) is 0 Å². The molecule has 0 bridgehead atoms. The maximum absolute atomic E-state index is 3.69. The maximum Gasteiger partial charge on any atom is 0.0178 e. The van der Waals surface area contributed by atoms with Crippen LogP contribution >= 0.6 is 63.7 Å². The molecule has 0 spiro atoms. The van der Waals surface area contributed by atoms with Crippen LogP contribution in [0.3, 0.4) is 0 Å². The largest absolute Gasteiger partial charge is 0.0775 e. The predicted molar refractivity (Wildman–Crippen MR) is 232 cm³/mol. The third-order valence-electron chi connectivity index (χ3n) is 11.2. The van der Waals surface area contributed by atoms with Gasteiger partial charge in [-0.05, 0) is 148 Å². The molecule has 0 N–H and O–H groups in total. The topological polar surface area (TPSA) is 0 Å². The van der Waals surface area contributed by atoms with Crippen LogP contribution in [-0.2, 0) is 0 Å². The lowest BCUT2D eigenvalue weighted by molar-refractivity contribution is 0.509. The number of fused-ring (bicyclic) bond motifs is 6. The quantitative estimate of drug-likeness (QED) is 0.181. The maximum atomic E-state index is 3.69. The minimum absolute atomic E-state index is 0.243. The van der Waals surface area contributed by atoms with Crippen LogP contribution in [-0.4, -0.2) is 0 Å². The number of allylic oxidation sites excluding steroid dienone is 8. The summed E-state index contributed by atoms with van der Waals surface area (Å²) in [7, 11) is 0. The SMILES string of the molecule is CC(CC1=CC(C(C)(C)C)=CC1)C1c2cc(Br)ccc2-c2ccc(Br)cc21.CC1=CCC(CC(C)C2c3cc(Br)ccc3-c3ccc(Br)cc32)=C1. The fourth-order valence-electron chi connectivity index (χ4n) is 8.89. The average Bonchev–Trinajstić information content (AvgIpc) is 3.84. The molecule has 262 valence electrons. The Labute approximate surface area is 339 Å². The Morgan fingerprint density at radius 2 is 0.902 bits per heavy atom. The Morgan fingerprint density at radius 1 is 0.549 bits per heavy atom. The van der Waals surface area contributed by atoms with Crippen molar-refractivity contribution in [3.05, 3.63) is 160 Å². The Bertz CT molecular complexity index is 2030. The molecular formula is C47H46Br4. The molecule has 0 nitrogen and oxygen atoms in total. The van der Waals surface area contributed by atoms with Gasteiger partial charge in [0.1, 0.15) is 0 Å². The third-order valence-corrected chi connectivity index (χ3v) is 13.2. The normalized spacial score (nSPS) is 17.4. The highest BCUT2D eigenvalue weighted by molar-refractivity contribution is 9.11. The summed E-state index contributed by atoms with van der Waals surface area (Å²) in [6.07, 6.45) is 14.1. The molecule has 2 unspecified atom stereocenters. The van der Waals surface area contributed by atoms with E-state index in [0.717, 1.165) is 25.7 Å². The van der Waals surface area contributed by atoms with Crippen molar-refractivity contribution in [1.29, 1.82) is 0 Å². The van der Waals surface area contributed by atoms with E-state index in [-0.39, 0.29) is 5.41 Å². The zero-order valence-corrected chi connectivity index (χ0v) is 36.7. The second-order valence-electron chi connectivity index (χ2n) is 16.1. The fourth-order valence-corrected chi connectivity index (χ4v) is 10.4. The number of halogens is 4. The van der Waals surface area contributed by atoms with Crippen molar-refractivity contribution < 1.29 is 0 Å². The van der Waals surface area contributed by atoms with Crippen molar-refractivity contribution in [2.75, 3.05) is 0 Å². The molecule has 51 heavy (non-hydrogen) atoms. The van der Waals surface area contributed by atoms with Gasteiger partial charge in [-0.3, -0.25) is 0 Å². The summed E-state index contributed by atoms with van der Waals surface area (Å²) < 4.78 is 4.68. The predicted octanol–water partition coefficient (Wildman–Crippen LogP) is 16.3. The zero-order chi connectivity index (χ0) is 36.2. The molecule has 0 aliphatic heterocycles. The smallest absolute Gasteiger partial charge is 0.0178 e. The van der Waals surface area contributed by atoms with Gasteiger partial charge in [0.15, 0.2) is 0 Å². The van der Waals surface area contributed by atoms with Gasteiger partial charge in [0.25, 0.3) is 0 Å². The first kappa shape index (κ1) is 37.1. The highest BCUT2D eigenvalue weighted by Crippen LogP contribution is 2.53. The summed E-state index contributed by atoms with van der Waals surface area (Å²) in [4.78, 5) is 0. The van der Waals surface area contributed by atoms with Crippen molar-refractivity contribution in [2.45, 2.75) is 79.1 Å². The first-order valence-electron chi connectivity index (χ1n) is 18.2. The minimum atomic E-state index is 0.243. The average molecular weight is 931 g/mol. The van der Waals surface area contributed by atoms with Gasteiger partial charge in [-0.15, -0.1) is 0 Å². The van der Waals surface area contributed by atoms with Crippen LogP contribution in [0.25, 0.3) is 22.3 Å². The Kier molecular flexibility index (Phi) is 10.8. The van der Waals surface area contributed by atoms with Gasteiger partial charge in [-0.1, -0.05) is 164 Å². The van der Waals surface area contributed by atoms with E-state index in [4.69, 9.17) is 0 Å². The molecule has 0 heterocycles. The van der Waals surface area contributed by atoms with E-state index < -0.39 is 0 Å². The minimum Gasteiger partial charge on any atom is -0.0775 e. The van der Waals surface area contributed by atoms with Crippen LogP contribution in [0.15, 0.2) is 137 Å². The number of hydrogen-bond donors (Lipinski definition) is 0. The lowest BCUT2D eigenvalue weighted by Crippen LogP contribution is -2.10. The van der Waals surface area contributed by atoms with Crippen LogP contribution in [0.5, 0.6) is 0 Å². The second-order valence-corrected chi connectivity index (χ2v) is 19.8. The highest BCUT2D eigenvalue weighted by Gasteiger charge is 2.35. The molecule has 0 saturated carbocycles. The van der Waals surface area contributed by atoms with Crippen LogP contribution in [0.1, 0.15) is 101 Å². The van der Waals surface area contributed by atoms with E-state index >= 15 is 0 Å². The van der Waals surface area contributed by atoms with Crippen LogP contribution < -0.4 is 0 Å². The van der Waals surface area contributed by atoms with Crippen LogP contribution in [0, 0.1) is 17.3 Å². The monoisotopic (exact) mass is 926 g/mol. The Hall–Kier alpha value is -2.24. The zero-order valence-electron chi connectivity index (χ0n) is 30.4. The van der Waals surface area contributed by atoms with E-state index in [1.165, 1.54) is 73.5 Å². The molecule has 0 aromatic heterocycles. The molecule has 4 aromatic rings. The first-order valence-corrected chi connectivity index (χ1v) is 21.4. The van der Waals surface area contributed by atoms with E-state index in [0.29, 0.717) is 23.7 Å². The summed E-state index contributed by atoms with van der Waals surface area (Å²) in [6, 6.07) is 27.0. The first-order chi connectivity index (χ1) is 24.3. The van der Waals surface area contributed by atoms with E-state index in [2.05, 4.69) is 202 Å². The van der Waals surface area contributed by atoms with E-state index in [9.17, 15) is 0 Å². The number of hydrogen-bond acceptors (Lipinski definition) is 0. The van der Waals surface area contributed by atoms with Crippen molar-refractivity contribution in [3.8, 4) is 22.3 Å². The summed E-state index contributed by atoms with van der Waals surface area (Å²) in [5.74, 6) is 2.06. The molecule has 4 aromatic carbocycles. The molecule has 0 fully saturated rings. The molecule has 4 heteroatoms. The van der Waals surface area contributed by atoms with Gasteiger partial charge >= 0.3 is 0 Å². The molecule has 4 aliphatic rings. The van der Waals surface area contributed by atoms with Gasteiger partial charge in [-0.2, -0.15) is 0 Å². The molecule has 4 aliphatic carbocycles. The van der Waals surface area contributed by atoms with Crippen LogP contribution in [0.2, 0.25) is 0 Å². The Balaban J connectivity index is 0.000000160. The molecule has 0 saturated heterocycles. The van der Waals surface area contributed by atoms with Crippen molar-refractivity contribution in [3.63, 3.8) is 0 Å². The van der Waals surface area contributed by atoms with Gasteiger partial charge < -0.3 is 0 Å². The highest BCUT2D eigenvalue weighted by atomic mass is 79.9. The Morgan fingerprint density at radius 3 is 1.22 bits per heavy atom. The van der Waals surface area contributed by atoms with Crippen molar-refractivity contribution >= 4 is 63.7 Å². The summed E-state index contributed by atoms with van der Waals surface area (Å²) in [5, 5.41) is 0. The lowest BCUT2D eigenvalue weighted by Gasteiger charge is -2.23. The standard InChI is InChI=1S/C25H26Br2.C22H20Br2/c1-15(11-16-5-6-17(12-16)25(2,3)4)24-22-13-18(26)7-9-20(22)21-10-8-19(27)14-23(21)24;1-13-3-4-15(9-13)10-14(2)22-20-11-16(23)5-7-18(20)19-8-6-17(24)12-21(19)22/h6-10,12-15,24H,5,11H2,1-4H3;3,5-9,11-12,14,22H,4,10H2,1-2H3. The molecule has 8 rings (SSSR count). The summed E-state index contributed by atoms with van der Waals surface area (Å²) in [6.45, 7) is 13.9. The molecule has 2 atom stereocenters. The second kappa shape index (κ2) is 14.9. The lowest BCUT2D eigenvalue weighted by atomic mass is 9.81. The van der Waals surface area contributed by atoms with E-state index in [1.807, 2.05) is 0 Å².